The number of carbonyl (C=O) groups is 2. The third kappa shape index (κ3) is 6.29. The second kappa shape index (κ2) is 9.80. The van der Waals surface area contributed by atoms with Gasteiger partial charge in [-0.1, -0.05) is 0 Å². The zero-order valence-electron chi connectivity index (χ0n) is 12.6. The van der Waals surface area contributed by atoms with Crippen LogP contribution in [0, 0.1) is 0 Å². The molecule has 0 saturated carbocycles. The number of benzene rings is 1. The maximum atomic E-state index is 11.1. The average molecular weight is 294 g/mol. The summed E-state index contributed by atoms with van der Waals surface area (Å²) in [6, 6.07) is 5.04. The normalized spacial score (nSPS) is 10.0. The van der Waals surface area contributed by atoms with Gasteiger partial charge >= 0.3 is 5.97 Å². The van der Waals surface area contributed by atoms with Gasteiger partial charge in [0.15, 0.2) is 11.5 Å². The number of rotatable bonds is 10. The lowest BCUT2D eigenvalue weighted by atomic mass is 10.2. The molecule has 0 amide bonds. The Morgan fingerprint density at radius 2 is 2.00 bits per heavy atom. The van der Waals surface area contributed by atoms with E-state index >= 15 is 0 Å². The van der Waals surface area contributed by atoms with Gasteiger partial charge < -0.3 is 14.2 Å². The maximum Gasteiger partial charge on any atom is 0.305 e. The molecule has 1 rings (SSSR count). The third-order valence-corrected chi connectivity index (χ3v) is 2.91. The fourth-order valence-electron chi connectivity index (χ4n) is 1.84. The van der Waals surface area contributed by atoms with Gasteiger partial charge in [-0.2, -0.15) is 0 Å². The summed E-state index contributed by atoms with van der Waals surface area (Å²) < 4.78 is 15.7. The number of carbonyl (C=O) groups excluding carboxylic acids is 2. The first-order chi connectivity index (χ1) is 10.2. The molecule has 0 fully saturated rings. The highest BCUT2D eigenvalue weighted by atomic mass is 16.5. The first kappa shape index (κ1) is 17.0. The summed E-state index contributed by atoms with van der Waals surface area (Å²) in [6.45, 7) is 2.74. The Morgan fingerprint density at radius 3 is 2.67 bits per heavy atom. The topological polar surface area (TPSA) is 61.8 Å². The lowest BCUT2D eigenvalue weighted by Crippen LogP contribution is -2.04. The number of esters is 1. The van der Waals surface area contributed by atoms with Crippen LogP contribution in [0.3, 0.4) is 0 Å². The molecule has 0 bridgehead atoms. The molecule has 1 aromatic carbocycles. The van der Waals surface area contributed by atoms with E-state index in [1.54, 1.807) is 32.2 Å². The maximum absolute atomic E-state index is 11.1. The molecule has 0 aliphatic carbocycles. The lowest BCUT2D eigenvalue weighted by molar-refractivity contribution is -0.143. The molecule has 5 heteroatoms. The first-order valence-electron chi connectivity index (χ1n) is 7.13. The fourth-order valence-corrected chi connectivity index (χ4v) is 1.84. The van der Waals surface area contributed by atoms with E-state index in [-0.39, 0.29) is 5.97 Å². The van der Waals surface area contributed by atoms with Crippen molar-refractivity contribution in [2.75, 3.05) is 20.3 Å². The number of hydrogen-bond donors (Lipinski definition) is 0. The van der Waals surface area contributed by atoms with Gasteiger partial charge in [0.05, 0.1) is 20.3 Å². The molecule has 0 N–H and O–H groups in total. The van der Waals surface area contributed by atoms with Gasteiger partial charge in [0.2, 0.25) is 0 Å². The first-order valence-corrected chi connectivity index (χ1v) is 7.13. The minimum absolute atomic E-state index is 0.154. The minimum atomic E-state index is -0.154. The van der Waals surface area contributed by atoms with Crippen molar-refractivity contribution in [1.29, 1.82) is 0 Å². The van der Waals surface area contributed by atoms with Crippen LogP contribution in [0.25, 0.3) is 0 Å². The van der Waals surface area contributed by atoms with E-state index in [0.29, 0.717) is 36.7 Å². The van der Waals surface area contributed by atoms with Crippen LogP contribution < -0.4 is 9.47 Å². The summed E-state index contributed by atoms with van der Waals surface area (Å²) in [5.74, 6) is 1.01. The van der Waals surface area contributed by atoms with Crippen molar-refractivity contribution >= 4 is 12.3 Å². The molecule has 5 nitrogen and oxygen atoms in total. The smallest absolute Gasteiger partial charge is 0.305 e. The molecule has 0 saturated heterocycles. The molecule has 0 heterocycles. The molecule has 21 heavy (non-hydrogen) atoms. The molecule has 0 aliphatic rings. The van der Waals surface area contributed by atoms with Crippen molar-refractivity contribution in [3.05, 3.63) is 23.8 Å². The van der Waals surface area contributed by atoms with Crippen molar-refractivity contribution in [3.8, 4) is 11.5 Å². The molecule has 0 aromatic heterocycles. The molecule has 0 spiro atoms. The summed E-state index contributed by atoms with van der Waals surface area (Å²) in [5, 5.41) is 0. The largest absolute Gasteiger partial charge is 0.493 e. The molecule has 116 valence electrons. The van der Waals surface area contributed by atoms with Crippen LogP contribution in [0.1, 0.15) is 43.0 Å². The van der Waals surface area contributed by atoms with Gasteiger partial charge in [-0.15, -0.1) is 0 Å². The highest BCUT2D eigenvalue weighted by molar-refractivity contribution is 5.76. The zero-order valence-corrected chi connectivity index (χ0v) is 12.6. The molecule has 0 atom stereocenters. The molecular formula is C16H22O5. The van der Waals surface area contributed by atoms with E-state index in [1.807, 2.05) is 0 Å². The van der Waals surface area contributed by atoms with Crippen LogP contribution in [-0.2, 0) is 9.53 Å². The Labute approximate surface area is 125 Å². The summed E-state index contributed by atoms with van der Waals surface area (Å²) in [5.41, 5.74) is 0.549. The Balaban J connectivity index is 2.29. The quantitative estimate of drug-likeness (QED) is 0.377. The molecule has 0 unspecified atom stereocenters. The van der Waals surface area contributed by atoms with Gasteiger partial charge in [0.1, 0.15) is 6.29 Å². The number of unbranched alkanes of at least 4 members (excludes halogenated alkanes) is 2. The monoisotopic (exact) mass is 294 g/mol. The standard InChI is InChI=1S/C16H22O5/c1-3-20-16(18)7-5-4-6-10-21-15-11-13(12-17)8-9-14(15)19-2/h8-9,11-12H,3-7,10H2,1-2H3. The van der Waals surface area contributed by atoms with Crippen LogP contribution in [0.2, 0.25) is 0 Å². The third-order valence-electron chi connectivity index (χ3n) is 2.91. The van der Waals surface area contributed by atoms with Gasteiger partial charge in [-0.05, 0) is 44.4 Å². The Morgan fingerprint density at radius 1 is 1.19 bits per heavy atom. The van der Waals surface area contributed by atoms with Gasteiger partial charge in [-0.3, -0.25) is 9.59 Å². The van der Waals surface area contributed by atoms with Crippen LogP contribution in [-0.4, -0.2) is 32.6 Å². The Kier molecular flexibility index (Phi) is 7.94. The Hall–Kier alpha value is -2.04. The average Bonchev–Trinajstić information content (AvgIpc) is 2.50. The van der Waals surface area contributed by atoms with Crippen molar-refractivity contribution in [1.82, 2.24) is 0 Å². The number of aldehydes is 1. The van der Waals surface area contributed by atoms with Crippen LogP contribution in [0.4, 0.5) is 0 Å². The van der Waals surface area contributed by atoms with E-state index in [2.05, 4.69) is 0 Å². The molecular weight excluding hydrogens is 272 g/mol. The van der Waals surface area contributed by atoms with Crippen LogP contribution >= 0.6 is 0 Å². The number of ether oxygens (including phenoxy) is 3. The summed E-state index contributed by atoms with van der Waals surface area (Å²) in [6.07, 6.45) is 3.71. The minimum Gasteiger partial charge on any atom is -0.493 e. The zero-order chi connectivity index (χ0) is 15.5. The van der Waals surface area contributed by atoms with E-state index in [0.717, 1.165) is 25.5 Å². The molecule has 0 radical (unpaired) electrons. The SMILES string of the molecule is CCOC(=O)CCCCCOc1cc(C=O)ccc1OC. The van der Waals surface area contributed by atoms with Gasteiger partial charge in [0, 0.05) is 12.0 Å². The summed E-state index contributed by atoms with van der Waals surface area (Å²) in [4.78, 5) is 21.9. The summed E-state index contributed by atoms with van der Waals surface area (Å²) in [7, 11) is 1.56. The highest BCUT2D eigenvalue weighted by Gasteiger charge is 2.06. The van der Waals surface area contributed by atoms with E-state index < -0.39 is 0 Å². The highest BCUT2D eigenvalue weighted by Crippen LogP contribution is 2.27. The van der Waals surface area contributed by atoms with Crippen molar-refractivity contribution in [2.45, 2.75) is 32.6 Å². The van der Waals surface area contributed by atoms with Gasteiger partial charge in [-0.25, -0.2) is 0 Å². The number of hydrogen-bond acceptors (Lipinski definition) is 5. The van der Waals surface area contributed by atoms with Crippen molar-refractivity contribution in [3.63, 3.8) is 0 Å². The predicted octanol–water partition coefficient (Wildman–Crippen LogP) is 3.01. The predicted molar refractivity (Wildman–Crippen MR) is 79.0 cm³/mol. The van der Waals surface area contributed by atoms with Crippen molar-refractivity contribution < 1.29 is 23.8 Å². The lowest BCUT2D eigenvalue weighted by Gasteiger charge is -2.11. The van der Waals surface area contributed by atoms with Crippen LogP contribution in [0.5, 0.6) is 11.5 Å². The molecule has 1 aromatic rings. The number of methoxy groups -OCH3 is 1. The Bertz CT molecular complexity index is 456. The van der Waals surface area contributed by atoms with Crippen LogP contribution in [0.15, 0.2) is 18.2 Å². The van der Waals surface area contributed by atoms with Gasteiger partial charge in [0.25, 0.3) is 0 Å². The second-order valence-corrected chi connectivity index (χ2v) is 4.49. The van der Waals surface area contributed by atoms with E-state index in [4.69, 9.17) is 14.2 Å². The summed E-state index contributed by atoms with van der Waals surface area (Å²) >= 11 is 0. The van der Waals surface area contributed by atoms with Crippen molar-refractivity contribution in [2.24, 2.45) is 0 Å². The van der Waals surface area contributed by atoms with E-state index in [9.17, 15) is 9.59 Å². The molecule has 0 aliphatic heterocycles. The van der Waals surface area contributed by atoms with E-state index in [1.165, 1.54) is 0 Å². The fraction of sp³-hybridized carbons (Fsp3) is 0.500. The second-order valence-electron chi connectivity index (χ2n) is 4.49.